The lowest BCUT2D eigenvalue weighted by atomic mass is 10.2. The minimum atomic E-state index is 0.470. The van der Waals surface area contributed by atoms with Crippen LogP contribution in [0.15, 0.2) is 58.4 Å². The first-order valence-corrected chi connectivity index (χ1v) is 7.83. The topological polar surface area (TPSA) is 84.8 Å². The first kappa shape index (κ1) is 15.1. The predicted octanol–water partition coefficient (Wildman–Crippen LogP) is 3.17. The Morgan fingerprint density at radius 2 is 2.04 bits per heavy atom. The number of ether oxygens (including phenoxy) is 1. The van der Waals surface area contributed by atoms with Gasteiger partial charge in [0.1, 0.15) is 5.75 Å². The smallest absolute Gasteiger partial charge is 0.276 e. The Bertz CT molecular complexity index is 814. The summed E-state index contributed by atoms with van der Waals surface area (Å²) in [4.78, 5) is 3.95. The average Bonchev–Trinajstić information content (AvgIpc) is 3.09. The molecule has 0 atom stereocenters. The highest BCUT2D eigenvalue weighted by Crippen LogP contribution is 2.22. The third kappa shape index (κ3) is 4.08. The van der Waals surface area contributed by atoms with Gasteiger partial charge in [-0.25, -0.2) is 0 Å². The maximum atomic E-state index is 8.84. The molecule has 0 aliphatic rings. The van der Waals surface area contributed by atoms with Gasteiger partial charge in [0, 0.05) is 23.7 Å². The fraction of sp³-hybridized carbons (Fsp3) is 0.125. The third-order valence-electron chi connectivity index (χ3n) is 2.87. The molecular formula is C16H12N4O2S. The van der Waals surface area contributed by atoms with Crippen molar-refractivity contribution in [2.75, 3.05) is 12.4 Å². The van der Waals surface area contributed by atoms with Gasteiger partial charge in [0.05, 0.1) is 18.2 Å². The molecule has 7 heteroatoms. The molecule has 0 radical (unpaired) electrons. The largest absolute Gasteiger partial charge is 0.493 e. The fourth-order valence-electron chi connectivity index (χ4n) is 1.82. The molecule has 0 N–H and O–H groups in total. The van der Waals surface area contributed by atoms with Gasteiger partial charge >= 0.3 is 0 Å². The van der Waals surface area contributed by atoms with Crippen molar-refractivity contribution in [2.24, 2.45) is 0 Å². The minimum Gasteiger partial charge on any atom is -0.493 e. The number of pyridine rings is 1. The van der Waals surface area contributed by atoms with Gasteiger partial charge in [0.2, 0.25) is 5.89 Å². The van der Waals surface area contributed by atoms with E-state index in [9.17, 15) is 0 Å². The van der Waals surface area contributed by atoms with Crippen molar-refractivity contribution >= 4 is 11.8 Å². The first-order chi connectivity index (χ1) is 11.3. The number of nitrogens with zero attached hydrogens (tertiary/aromatic N) is 4. The monoisotopic (exact) mass is 324 g/mol. The molecule has 23 heavy (non-hydrogen) atoms. The van der Waals surface area contributed by atoms with Gasteiger partial charge in [-0.05, 0) is 30.3 Å². The summed E-state index contributed by atoms with van der Waals surface area (Å²) in [6.45, 7) is 0.479. The summed E-state index contributed by atoms with van der Waals surface area (Å²) in [5.74, 6) is 1.81. The summed E-state index contributed by atoms with van der Waals surface area (Å²) in [5, 5.41) is 17.3. The van der Waals surface area contributed by atoms with Crippen LogP contribution in [0.2, 0.25) is 0 Å². The van der Waals surface area contributed by atoms with E-state index in [1.165, 1.54) is 11.8 Å². The molecule has 0 aliphatic carbocycles. The maximum Gasteiger partial charge on any atom is 0.276 e. The zero-order chi connectivity index (χ0) is 15.9. The summed E-state index contributed by atoms with van der Waals surface area (Å²) < 4.78 is 11.2. The first-order valence-electron chi connectivity index (χ1n) is 6.85. The highest BCUT2D eigenvalue weighted by atomic mass is 32.2. The minimum absolute atomic E-state index is 0.470. The molecule has 0 saturated heterocycles. The molecule has 0 fully saturated rings. The van der Waals surface area contributed by atoms with Crippen LogP contribution in [0.3, 0.4) is 0 Å². The zero-order valence-electron chi connectivity index (χ0n) is 12.0. The standard InChI is InChI=1S/C16H12N4O2S/c17-11-12-2-1-3-14(10-12)21-8-9-23-16-20-19-15(22-16)13-4-6-18-7-5-13/h1-7,10H,8-9H2. The van der Waals surface area contributed by atoms with E-state index in [0.29, 0.717) is 34.8 Å². The molecule has 3 aromatic rings. The molecule has 0 saturated carbocycles. The van der Waals surface area contributed by atoms with Crippen LogP contribution in [0.5, 0.6) is 5.75 Å². The number of aromatic nitrogens is 3. The van der Waals surface area contributed by atoms with Gasteiger partial charge in [-0.15, -0.1) is 10.2 Å². The molecular weight excluding hydrogens is 312 g/mol. The normalized spacial score (nSPS) is 10.2. The number of hydrogen-bond donors (Lipinski definition) is 0. The number of benzene rings is 1. The summed E-state index contributed by atoms with van der Waals surface area (Å²) >= 11 is 1.42. The van der Waals surface area contributed by atoms with Crippen molar-refractivity contribution in [3.8, 4) is 23.3 Å². The van der Waals surface area contributed by atoms with Gasteiger partial charge in [-0.3, -0.25) is 4.98 Å². The molecule has 3 rings (SSSR count). The van der Waals surface area contributed by atoms with E-state index in [4.69, 9.17) is 14.4 Å². The molecule has 0 unspecified atom stereocenters. The highest BCUT2D eigenvalue weighted by molar-refractivity contribution is 7.99. The Hall–Kier alpha value is -2.85. The van der Waals surface area contributed by atoms with Crippen LogP contribution in [-0.2, 0) is 0 Å². The lowest BCUT2D eigenvalue weighted by Gasteiger charge is -2.04. The summed E-state index contributed by atoms with van der Waals surface area (Å²) in [6.07, 6.45) is 3.35. The van der Waals surface area contributed by atoms with Crippen molar-refractivity contribution in [1.82, 2.24) is 15.2 Å². The maximum absolute atomic E-state index is 8.84. The van der Waals surface area contributed by atoms with Crippen LogP contribution in [0.25, 0.3) is 11.5 Å². The molecule has 0 spiro atoms. The van der Waals surface area contributed by atoms with E-state index in [1.807, 2.05) is 18.2 Å². The molecule has 0 bridgehead atoms. The Kier molecular flexibility index (Phi) is 4.86. The van der Waals surface area contributed by atoms with Gasteiger partial charge < -0.3 is 9.15 Å². The molecule has 1 aromatic carbocycles. The Labute approximate surface area is 137 Å². The van der Waals surface area contributed by atoms with Crippen LogP contribution >= 0.6 is 11.8 Å². The number of nitriles is 1. The quantitative estimate of drug-likeness (QED) is 0.508. The Morgan fingerprint density at radius 3 is 2.87 bits per heavy atom. The second kappa shape index (κ2) is 7.42. The lowest BCUT2D eigenvalue weighted by Crippen LogP contribution is -2.00. The molecule has 2 heterocycles. The van der Waals surface area contributed by atoms with Crippen molar-refractivity contribution < 1.29 is 9.15 Å². The van der Waals surface area contributed by atoms with E-state index in [2.05, 4.69) is 21.3 Å². The number of thioether (sulfide) groups is 1. The van der Waals surface area contributed by atoms with E-state index in [0.717, 1.165) is 5.56 Å². The number of hydrogen-bond acceptors (Lipinski definition) is 7. The van der Waals surface area contributed by atoms with Gasteiger partial charge in [0.25, 0.3) is 5.22 Å². The summed E-state index contributed by atoms with van der Waals surface area (Å²) in [6, 6.07) is 12.8. The van der Waals surface area contributed by atoms with E-state index in [1.54, 1.807) is 30.6 Å². The summed E-state index contributed by atoms with van der Waals surface area (Å²) in [5.41, 5.74) is 1.41. The fourth-order valence-corrected chi connectivity index (χ4v) is 2.40. The van der Waals surface area contributed by atoms with Crippen LogP contribution in [0, 0.1) is 11.3 Å². The van der Waals surface area contributed by atoms with Crippen molar-refractivity contribution in [2.45, 2.75) is 5.22 Å². The second-order valence-corrected chi connectivity index (χ2v) is 5.49. The lowest BCUT2D eigenvalue weighted by molar-refractivity contribution is 0.343. The van der Waals surface area contributed by atoms with Crippen LogP contribution in [0.1, 0.15) is 5.56 Å². The number of rotatable bonds is 6. The molecule has 114 valence electrons. The van der Waals surface area contributed by atoms with Crippen LogP contribution in [0.4, 0.5) is 0 Å². The van der Waals surface area contributed by atoms with Crippen molar-refractivity contribution in [1.29, 1.82) is 5.26 Å². The summed E-state index contributed by atoms with van der Waals surface area (Å²) in [7, 11) is 0. The van der Waals surface area contributed by atoms with E-state index < -0.39 is 0 Å². The van der Waals surface area contributed by atoms with Gasteiger partial charge in [-0.1, -0.05) is 17.8 Å². The van der Waals surface area contributed by atoms with Gasteiger partial charge in [-0.2, -0.15) is 5.26 Å². The van der Waals surface area contributed by atoms with E-state index in [-0.39, 0.29) is 0 Å². The predicted molar refractivity (Wildman–Crippen MR) is 84.9 cm³/mol. The van der Waals surface area contributed by atoms with Crippen LogP contribution < -0.4 is 4.74 Å². The zero-order valence-corrected chi connectivity index (χ0v) is 12.9. The molecule has 0 aliphatic heterocycles. The second-order valence-electron chi connectivity index (χ2n) is 4.45. The molecule has 0 amide bonds. The molecule has 2 aromatic heterocycles. The Morgan fingerprint density at radius 1 is 1.17 bits per heavy atom. The third-order valence-corrected chi connectivity index (χ3v) is 3.66. The van der Waals surface area contributed by atoms with E-state index >= 15 is 0 Å². The van der Waals surface area contributed by atoms with Crippen molar-refractivity contribution in [3.63, 3.8) is 0 Å². The molecule has 6 nitrogen and oxygen atoms in total. The van der Waals surface area contributed by atoms with Gasteiger partial charge in [0.15, 0.2) is 0 Å². The SMILES string of the molecule is N#Cc1cccc(OCCSc2nnc(-c3ccncc3)o2)c1. The average molecular weight is 324 g/mol. The Balaban J connectivity index is 1.50. The highest BCUT2D eigenvalue weighted by Gasteiger charge is 2.08. The van der Waals surface area contributed by atoms with Crippen LogP contribution in [-0.4, -0.2) is 27.5 Å². The van der Waals surface area contributed by atoms with Crippen molar-refractivity contribution in [3.05, 3.63) is 54.4 Å².